The maximum Gasteiger partial charge on any atom is 0.345 e. The highest BCUT2D eigenvalue weighted by Crippen LogP contribution is 2.21. The van der Waals surface area contributed by atoms with Gasteiger partial charge in [-0.1, -0.05) is 0 Å². The van der Waals surface area contributed by atoms with Crippen LogP contribution in [0.25, 0.3) is 0 Å². The van der Waals surface area contributed by atoms with Gasteiger partial charge in [0, 0.05) is 24.5 Å². The zero-order chi connectivity index (χ0) is 15.5. The Labute approximate surface area is 127 Å². The van der Waals surface area contributed by atoms with Crippen molar-refractivity contribution in [3.8, 4) is 0 Å². The summed E-state index contributed by atoms with van der Waals surface area (Å²) in [5, 5.41) is 12.0. The maximum absolute atomic E-state index is 12.2. The molecule has 2 N–H and O–H groups in total. The smallest absolute Gasteiger partial charge is 0.345 e. The van der Waals surface area contributed by atoms with Gasteiger partial charge in [-0.25, -0.2) is 17.9 Å². The van der Waals surface area contributed by atoms with Crippen molar-refractivity contribution in [2.45, 2.75) is 30.7 Å². The van der Waals surface area contributed by atoms with E-state index in [4.69, 9.17) is 9.94 Å². The Balaban J connectivity index is 1.96. The molecule has 0 atom stereocenters. The molecule has 21 heavy (non-hydrogen) atoms. The second-order valence-electron chi connectivity index (χ2n) is 4.69. The average Bonchev–Trinajstić information content (AvgIpc) is 2.92. The number of sulfonamides is 1. The van der Waals surface area contributed by atoms with Crippen molar-refractivity contribution in [2.24, 2.45) is 0 Å². The quantitative estimate of drug-likeness (QED) is 0.810. The van der Waals surface area contributed by atoms with E-state index in [1.807, 2.05) is 12.0 Å². The second kappa shape index (κ2) is 6.84. The molecule has 2 rings (SSSR count). The summed E-state index contributed by atoms with van der Waals surface area (Å²) < 4.78 is 27.0. The summed E-state index contributed by atoms with van der Waals surface area (Å²) in [6, 6.07) is 1.03. The van der Waals surface area contributed by atoms with Gasteiger partial charge in [0.15, 0.2) is 0 Å². The molecule has 1 saturated heterocycles. The molecule has 1 aromatic rings. The summed E-state index contributed by atoms with van der Waals surface area (Å²) in [4.78, 5) is 16.2. The van der Waals surface area contributed by atoms with Crippen LogP contribution < -0.4 is 4.72 Å². The molecule has 0 bridgehead atoms. The molecule has 1 aliphatic heterocycles. The molecule has 0 radical (unpaired) electrons. The van der Waals surface area contributed by atoms with Crippen LogP contribution in [0.15, 0.2) is 16.3 Å². The van der Waals surface area contributed by atoms with Crippen LogP contribution in [0.3, 0.4) is 0 Å². The topological polar surface area (TPSA) is 95.9 Å². The van der Waals surface area contributed by atoms with Gasteiger partial charge in [-0.05, 0) is 25.8 Å². The monoisotopic (exact) mass is 334 g/mol. The molecule has 9 heteroatoms. The summed E-state index contributed by atoms with van der Waals surface area (Å²) in [7, 11) is -3.66. The van der Waals surface area contributed by atoms with E-state index in [0.29, 0.717) is 32.5 Å². The van der Waals surface area contributed by atoms with Crippen LogP contribution in [0.4, 0.5) is 0 Å². The van der Waals surface area contributed by atoms with Crippen LogP contribution >= 0.6 is 11.3 Å². The molecular formula is C12H18N2O5S2. The minimum atomic E-state index is -3.66. The Morgan fingerprint density at radius 1 is 1.52 bits per heavy atom. The predicted octanol–water partition coefficient (Wildman–Crippen LogP) is 1.14. The Kier molecular flexibility index (Phi) is 5.33. The third-order valence-electron chi connectivity index (χ3n) is 3.18. The highest BCUT2D eigenvalue weighted by Gasteiger charge is 2.26. The summed E-state index contributed by atoms with van der Waals surface area (Å²) in [6.07, 6.45) is 1.32. The van der Waals surface area contributed by atoms with Gasteiger partial charge in [0.25, 0.3) is 0 Å². The maximum atomic E-state index is 12.2. The van der Waals surface area contributed by atoms with E-state index in [1.54, 1.807) is 0 Å². The SMILES string of the molecule is CCON1CCC(NS(=O)(=O)c2csc(C(=O)O)c2)CC1. The van der Waals surface area contributed by atoms with Gasteiger partial charge < -0.3 is 5.11 Å². The molecule has 1 aliphatic rings. The van der Waals surface area contributed by atoms with Crippen molar-refractivity contribution in [1.82, 2.24) is 9.79 Å². The van der Waals surface area contributed by atoms with Crippen LogP contribution in [0.5, 0.6) is 0 Å². The van der Waals surface area contributed by atoms with Gasteiger partial charge in [-0.2, -0.15) is 5.06 Å². The number of thiophene rings is 1. The summed E-state index contributed by atoms with van der Waals surface area (Å²) >= 11 is 0.907. The zero-order valence-corrected chi connectivity index (χ0v) is 13.2. The largest absolute Gasteiger partial charge is 0.477 e. The molecule has 118 valence electrons. The van der Waals surface area contributed by atoms with Crippen LogP contribution in [-0.4, -0.2) is 50.3 Å². The van der Waals surface area contributed by atoms with Crippen LogP contribution in [0.1, 0.15) is 29.4 Å². The number of hydroxylamine groups is 2. The van der Waals surface area contributed by atoms with Crippen molar-refractivity contribution in [3.63, 3.8) is 0 Å². The fourth-order valence-electron chi connectivity index (χ4n) is 2.14. The third-order valence-corrected chi connectivity index (χ3v) is 5.75. The van der Waals surface area contributed by atoms with Crippen molar-refractivity contribution in [3.05, 3.63) is 16.3 Å². The predicted molar refractivity (Wildman–Crippen MR) is 77.8 cm³/mol. The highest BCUT2D eigenvalue weighted by molar-refractivity contribution is 7.89. The first-order valence-electron chi connectivity index (χ1n) is 6.64. The molecular weight excluding hydrogens is 316 g/mol. The fraction of sp³-hybridized carbons (Fsp3) is 0.583. The first-order chi connectivity index (χ1) is 9.92. The minimum absolute atomic E-state index is 0.0112. The van der Waals surface area contributed by atoms with Gasteiger partial charge in [0.2, 0.25) is 10.0 Å². The fourth-order valence-corrected chi connectivity index (χ4v) is 4.56. The molecule has 7 nitrogen and oxygen atoms in total. The summed E-state index contributed by atoms with van der Waals surface area (Å²) in [5.74, 6) is -1.12. The highest BCUT2D eigenvalue weighted by atomic mass is 32.2. The number of rotatable bonds is 6. The molecule has 0 unspecified atom stereocenters. The van der Waals surface area contributed by atoms with E-state index in [0.717, 1.165) is 11.3 Å². The zero-order valence-electron chi connectivity index (χ0n) is 11.6. The lowest BCUT2D eigenvalue weighted by Gasteiger charge is -2.30. The molecule has 2 heterocycles. The van der Waals surface area contributed by atoms with Gasteiger partial charge >= 0.3 is 5.97 Å². The molecule has 0 spiro atoms. The molecule has 0 saturated carbocycles. The first-order valence-corrected chi connectivity index (χ1v) is 9.00. The van der Waals surface area contributed by atoms with Crippen molar-refractivity contribution < 1.29 is 23.2 Å². The number of nitrogens with zero attached hydrogens (tertiary/aromatic N) is 1. The number of hydrogen-bond acceptors (Lipinski definition) is 6. The molecule has 1 aromatic heterocycles. The molecule has 0 amide bonds. The summed E-state index contributed by atoms with van der Waals surface area (Å²) in [6.45, 7) is 3.85. The number of carboxylic acids is 1. The van der Waals surface area contributed by atoms with Crippen LogP contribution in [0, 0.1) is 0 Å². The lowest BCUT2D eigenvalue weighted by atomic mass is 10.1. The Hall–Kier alpha value is -1.00. The minimum Gasteiger partial charge on any atom is -0.477 e. The van der Waals surface area contributed by atoms with Crippen LogP contribution in [-0.2, 0) is 14.9 Å². The first kappa shape index (κ1) is 16.4. The lowest BCUT2D eigenvalue weighted by Crippen LogP contribution is -2.44. The Morgan fingerprint density at radius 2 is 2.19 bits per heavy atom. The Bertz CT molecular complexity index is 591. The normalized spacial score (nSPS) is 18.0. The van der Waals surface area contributed by atoms with Gasteiger partial charge in [0.05, 0.1) is 11.5 Å². The summed E-state index contributed by atoms with van der Waals surface area (Å²) in [5.41, 5.74) is 0. The van der Waals surface area contributed by atoms with Crippen molar-refractivity contribution in [2.75, 3.05) is 19.7 Å². The van der Waals surface area contributed by atoms with E-state index >= 15 is 0 Å². The van der Waals surface area contributed by atoms with E-state index in [-0.39, 0.29) is 15.8 Å². The van der Waals surface area contributed by atoms with E-state index in [9.17, 15) is 13.2 Å². The van der Waals surface area contributed by atoms with E-state index < -0.39 is 16.0 Å². The lowest BCUT2D eigenvalue weighted by molar-refractivity contribution is -0.166. The van der Waals surface area contributed by atoms with Crippen LogP contribution in [0.2, 0.25) is 0 Å². The standard InChI is InChI=1S/C12H18N2O5S2/c1-2-19-14-5-3-9(4-6-14)13-21(17,18)10-7-11(12(15)16)20-8-10/h7-9,13H,2-6H2,1H3,(H,15,16). The third kappa shape index (κ3) is 4.24. The van der Waals surface area contributed by atoms with E-state index in [1.165, 1.54) is 11.4 Å². The van der Waals surface area contributed by atoms with Gasteiger partial charge in [-0.15, -0.1) is 11.3 Å². The molecule has 0 aliphatic carbocycles. The number of aromatic carboxylic acids is 1. The number of carboxylic acid groups (broad SMARTS) is 1. The second-order valence-corrected chi connectivity index (χ2v) is 7.32. The molecule has 0 aromatic carbocycles. The van der Waals surface area contributed by atoms with Gasteiger partial charge in [-0.3, -0.25) is 4.84 Å². The Morgan fingerprint density at radius 3 is 2.71 bits per heavy atom. The number of hydrogen-bond donors (Lipinski definition) is 2. The van der Waals surface area contributed by atoms with Crippen molar-refractivity contribution in [1.29, 1.82) is 0 Å². The molecule has 1 fully saturated rings. The van der Waals surface area contributed by atoms with E-state index in [2.05, 4.69) is 4.72 Å². The number of nitrogens with one attached hydrogen (secondary N) is 1. The average molecular weight is 334 g/mol. The number of piperidine rings is 1. The van der Waals surface area contributed by atoms with Gasteiger partial charge in [0.1, 0.15) is 4.88 Å². The number of carbonyl (C=O) groups is 1. The van der Waals surface area contributed by atoms with Crippen molar-refractivity contribution >= 4 is 27.3 Å².